The Morgan fingerprint density at radius 2 is 1.62 bits per heavy atom. The van der Waals surface area contributed by atoms with Crippen LogP contribution in [-0.2, 0) is 42.3 Å². The van der Waals surface area contributed by atoms with Crippen LogP contribution in [0.25, 0.3) is 0 Å². The largest absolute Gasteiger partial charge is 0.537 e. The molecule has 4 nitrogen and oxygen atoms in total. The van der Waals surface area contributed by atoms with Crippen LogP contribution in [0.5, 0.6) is 0 Å². The number of aliphatic hydroxyl groups is 1. The predicted molar refractivity (Wildman–Crippen MR) is 21.0 cm³/mol. The van der Waals surface area contributed by atoms with E-state index in [-0.39, 0.29) is 39.3 Å². The van der Waals surface area contributed by atoms with Crippen LogP contribution >= 0.6 is 0 Å². The van der Waals surface area contributed by atoms with Crippen LogP contribution in [0.4, 0.5) is 0 Å². The van der Waals surface area contributed by atoms with Gasteiger partial charge in [0.25, 0.3) is 0 Å². The molecule has 0 amide bonds. The van der Waals surface area contributed by atoms with E-state index in [1.54, 1.807) is 0 Å². The number of carboxylic acids is 1. The number of carboxylic acid groups (broad SMARTS) is 1. The van der Waals surface area contributed by atoms with Gasteiger partial charge in [0.2, 0.25) is 0 Å². The standard InChI is InChI=1S/C2H3O3.CH2O.Y/c3-1-2(4)5;1-2;/h1,3H,(H,4,5);1H2;/q-1;;. The third kappa shape index (κ3) is 36.4. The van der Waals surface area contributed by atoms with Gasteiger partial charge in [-0.1, -0.05) is 0 Å². The van der Waals surface area contributed by atoms with Crippen LogP contribution in [0.2, 0.25) is 0 Å². The molecule has 2 N–H and O–H groups in total. The van der Waals surface area contributed by atoms with Crippen molar-refractivity contribution < 1.29 is 52.5 Å². The van der Waals surface area contributed by atoms with E-state index in [0.29, 0.717) is 0 Å². The summed E-state index contributed by atoms with van der Waals surface area (Å²) in [6.07, 6.45) is 0. The van der Waals surface area contributed by atoms with E-state index in [0.717, 1.165) is 0 Å². The Balaban J connectivity index is -0.0000000750. The van der Waals surface area contributed by atoms with Crippen molar-refractivity contribution in [3.8, 4) is 0 Å². The summed E-state index contributed by atoms with van der Waals surface area (Å²) in [6, 6.07) is 0. The molecule has 1 radical (unpaired) electrons. The van der Waals surface area contributed by atoms with Crippen molar-refractivity contribution in [1.29, 1.82) is 0 Å². The molecule has 8 heavy (non-hydrogen) atoms. The van der Waals surface area contributed by atoms with E-state index < -0.39 is 5.97 Å². The van der Waals surface area contributed by atoms with Crippen molar-refractivity contribution in [2.45, 2.75) is 0 Å². The minimum Gasteiger partial charge on any atom is -0.537 e. The summed E-state index contributed by atoms with van der Waals surface area (Å²) in [5.41, 5.74) is 0. The number of aliphatic carboxylic acids is 1. The zero-order chi connectivity index (χ0) is 6.28. The molecular weight excluding hydrogens is 189 g/mol. The molecule has 5 heteroatoms. The van der Waals surface area contributed by atoms with E-state index in [9.17, 15) is 0 Å². The second-order valence-electron chi connectivity index (χ2n) is 0.467. The first kappa shape index (κ1) is 15.7. The minimum absolute atomic E-state index is 0. The molecule has 0 rings (SSSR count). The van der Waals surface area contributed by atoms with Crippen molar-refractivity contribution in [3.63, 3.8) is 0 Å². The Bertz CT molecular complexity index is 55.2. The van der Waals surface area contributed by atoms with E-state index in [1.807, 2.05) is 6.79 Å². The maximum atomic E-state index is 9.06. The van der Waals surface area contributed by atoms with Crippen molar-refractivity contribution in [1.82, 2.24) is 0 Å². The van der Waals surface area contributed by atoms with Crippen molar-refractivity contribution in [3.05, 3.63) is 6.61 Å². The monoisotopic (exact) mass is 194 g/mol. The average molecular weight is 194 g/mol. The fraction of sp³-hybridized carbons (Fsp3) is 0. The Morgan fingerprint density at radius 3 is 1.62 bits per heavy atom. The van der Waals surface area contributed by atoms with E-state index in [4.69, 9.17) is 19.8 Å². The van der Waals surface area contributed by atoms with Gasteiger partial charge in [-0.3, -0.25) is 4.79 Å². The summed E-state index contributed by atoms with van der Waals surface area (Å²) in [7, 11) is 0. The summed E-state index contributed by atoms with van der Waals surface area (Å²) in [5, 5.41) is 14.8. The van der Waals surface area contributed by atoms with E-state index >= 15 is 0 Å². The number of carbonyl (C=O) groups excluding carboxylic acids is 1. The third-order valence-electron chi connectivity index (χ3n) is 0.110. The number of hydrogen-bond acceptors (Lipinski definition) is 3. The molecule has 0 bridgehead atoms. The van der Waals surface area contributed by atoms with Gasteiger partial charge in [0.1, 0.15) is 6.79 Å². The second-order valence-corrected chi connectivity index (χ2v) is 0.467. The molecule has 0 aromatic heterocycles. The molecule has 0 aliphatic heterocycles. The maximum absolute atomic E-state index is 9.06. The topological polar surface area (TPSA) is 74.6 Å². The number of hydrogen-bond donors (Lipinski definition) is 2. The third-order valence-corrected chi connectivity index (χ3v) is 0.110. The van der Waals surface area contributed by atoms with Crippen LogP contribution < -0.4 is 0 Å². The van der Waals surface area contributed by atoms with Crippen LogP contribution in [0.1, 0.15) is 0 Å². The molecule has 0 atom stereocenters. The molecule has 0 aliphatic carbocycles. The quantitative estimate of drug-likeness (QED) is 0.547. The first-order valence-corrected chi connectivity index (χ1v) is 1.26. The van der Waals surface area contributed by atoms with E-state index in [2.05, 4.69) is 0 Å². The Morgan fingerprint density at radius 1 is 1.50 bits per heavy atom. The van der Waals surface area contributed by atoms with Crippen molar-refractivity contribution in [2.75, 3.05) is 0 Å². The molecule has 0 saturated heterocycles. The van der Waals surface area contributed by atoms with Gasteiger partial charge in [-0.05, 0) is 0 Å². The fourth-order valence-corrected chi connectivity index (χ4v) is 0. The summed E-state index contributed by atoms with van der Waals surface area (Å²) in [4.78, 5) is 17.1. The summed E-state index contributed by atoms with van der Waals surface area (Å²) in [5.74, 6) is -1.31. The first-order valence-electron chi connectivity index (χ1n) is 1.26. The second kappa shape index (κ2) is 15.7. The van der Waals surface area contributed by atoms with E-state index in [1.165, 1.54) is 0 Å². The molecule has 0 aliphatic rings. The molecule has 0 fully saturated rings. The summed E-state index contributed by atoms with van der Waals surface area (Å²) >= 11 is 0. The van der Waals surface area contributed by atoms with Crippen molar-refractivity contribution in [2.24, 2.45) is 0 Å². The molecule has 0 aromatic carbocycles. The van der Waals surface area contributed by atoms with Gasteiger partial charge in [-0.15, -0.1) is 0 Å². The van der Waals surface area contributed by atoms with Crippen LogP contribution in [0.15, 0.2) is 0 Å². The average Bonchev–Trinajstić information content (AvgIpc) is 1.73. The number of aliphatic hydroxyl groups excluding tert-OH is 1. The van der Waals surface area contributed by atoms with Gasteiger partial charge in [-0.25, -0.2) is 0 Å². The maximum Gasteiger partial charge on any atom is 0.187 e. The van der Waals surface area contributed by atoms with Gasteiger partial charge < -0.3 is 15.0 Å². The Labute approximate surface area is 71.8 Å². The van der Waals surface area contributed by atoms with Gasteiger partial charge >= 0.3 is 0 Å². The molecule has 45 valence electrons. The van der Waals surface area contributed by atoms with Gasteiger partial charge in [-0.2, -0.15) is 6.61 Å². The first-order chi connectivity index (χ1) is 3.27. The molecular formula is C3H5O4Y-. The summed E-state index contributed by atoms with van der Waals surface area (Å²) < 4.78 is 0. The van der Waals surface area contributed by atoms with Crippen LogP contribution in [0, 0.1) is 6.61 Å². The molecule has 0 unspecified atom stereocenters. The van der Waals surface area contributed by atoms with Gasteiger partial charge in [0.15, 0.2) is 5.97 Å². The van der Waals surface area contributed by atoms with Crippen molar-refractivity contribution >= 4 is 12.8 Å². The molecule has 0 saturated carbocycles. The van der Waals surface area contributed by atoms with Crippen LogP contribution in [0.3, 0.4) is 0 Å². The number of carbonyl (C=O) groups is 2. The smallest absolute Gasteiger partial charge is 0.187 e. The zero-order valence-electron chi connectivity index (χ0n) is 4.07. The minimum atomic E-state index is -1.31. The molecule has 0 aromatic rings. The zero-order valence-corrected chi connectivity index (χ0v) is 6.91. The molecule has 0 heterocycles. The molecule has 0 spiro atoms. The SMILES string of the molecule is C=O.O=C(O)[CH-]O.[Y]. The summed E-state index contributed by atoms with van der Waals surface area (Å²) in [6.45, 7) is 2.08. The van der Waals surface area contributed by atoms with Crippen LogP contribution in [-0.4, -0.2) is 23.0 Å². The van der Waals surface area contributed by atoms with Gasteiger partial charge in [0, 0.05) is 32.7 Å². The number of rotatable bonds is 1. The fourth-order valence-electron chi connectivity index (χ4n) is 0. The normalized spacial score (nSPS) is 4.62. The Kier molecular flexibility index (Phi) is 30.8. The van der Waals surface area contributed by atoms with Gasteiger partial charge in [0.05, 0.1) is 0 Å². The Hall–Kier alpha value is 0.0739. The predicted octanol–water partition coefficient (Wildman–Crippen LogP) is -0.582.